The van der Waals surface area contributed by atoms with Crippen LogP contribution in [0.4, 0.5) is 0 Å². The van der Waals surface area contributed by atoms with Crippen molar-refractivity contribution in [2.24, 2.45) is 39.7 Å². The summed E-state index contributed by atoms with van der Waals surface area (Å²) in [5.74, 6) is 3.11. The van der Waals surface area contributed by atoms with E-state index in [1.54, 1.807) is 0 Å². The first kappa shape index (κ1) is 23.3. The van der Waals surface area contributed by atoms with E-state index in [4.69, 9.17) is 4.84 Å². The van der Waals surface area contributed by atoms with Crippen LogP contribution in [-0.2, 0) is 17.9 Å². The molecule has 0 radical (unpaired) electrons. The number of fused-ring (bicyclic) bond motifs is 5. The first-order valence-corrected chi connectivity index (χ1v) is 13.2. The normalized spacial score (nSPS) is 41.6. The second-order valence-electron chi connectivity index (χ2n) is 12.2. The van der Waals surface area contributed by atoms with Crippen LogP contribution in [-0.4, -0.2) is 57.5 Å². The molecule has 7 atom stereocenters. The van der Waals surface area contributed by atoms with E-state index >= 15 is 0 Å². The van der Waals surface area contributed by atoms with Crippen molar-refractivity contribution >= 4 is 5.71 Å². The third-order valence-electron chi connectivity index (χ3n) is 10.1. The number of oxime groups is 1. The first-order chi connectivity index (χ1) is 15.8. The van der Waals surface area contributed by atoms with Gasteiger partial charge >= 0.3 is 0 Å². The molecule has 0 amide bonds. The third kappa shape index (κ3) is 4.24. The van der Waals surface area contributed by atoms with Gasteiger partial charge < -0.3 is 14.8 Å². The summed E-state index contributed by atoms with van der Waals surface area (Å²) in [7, 11) is 4.06. The zero-order valence-electron chi connectivity index (χ0n) is 21.0. The fourth-order valence-corrected chi connectivity index (χ4v) is 8.23. The predicted molar refractivity (Wildman–Crippen MR) is 129 cm³/mol. The number of rotatable bonds is 6. The van der Waals surface area contributed by atoms with Crippen molar-refractivity contribution in [3.8, 4) is 0 Å². The monoisotopic (exact) mass is 457 g/mol. The summed E-state index contributed by atoms with van der Waals surface area (Å²) in [6.45, 7) is 6.96. The Bertz CT molecular complexity index is 869. The van der Waals surface area contributed by atoms with Gasteiger partial charge in [-0.15, -0.1) is 5.10 Å². The fraction of sp³-hybridized carbons (Fsp3) is 0.885. The number of aromatic nitrogens is 3. The van der Waals surface area contributed by atoms with Crippen molar-refractivity contribution in [3.63, 3.8) is 0 Å². The first-order valence-electron chi connectivity index (χ1n) is 13.2. The topological polar surface area (TPSA) is 75.8 Å². The highest BCUT2D eigenvalue weighted by molar-refractivity contribution is 5.85. The fourth-order valence-electron chi connectivity index (χ4n) is 8.23. The average molecular weight is 458 g/mol. The molecule has 0 bridgehead atoms. The van der Waals surface area contributed by atoms with E-state index in [1.807, 2.05) is 25.0 Å². The van der Waals surface area contributed by atoms with E-state index in [1.165, 1.54) is 44.2 Å². The van der Waals surface area contributed by atoms with Gasteiger partial charge in [0.25, 0.3) is 0 Å². The lowest BCUT2D eigenvalue weighted by Gasteiger charge is -2.60. The lowest BCUT2D eigenvalue weighted by molar-refractivity contribution is -0.112. The zero-order chi connectivity index (χ0) is 23.2. The van der Waals surface area contributed by atoms with Gasteiger partial charge in [0.1, 0.15) is 6.61 Å². The molecular weight excluding hydrogens is 414 g/mol. The maximum absolute atomic E-state index is 10.7. The highest BCUT2D eigenvalue weighted by atomic mass is 16.6. The quantitative estimate of drug-likeness (QED) is 0.514. The Morgan fingerprint density at radius 2 is 1.94 bits per heavy atom. The van der Waals surface area contributed by atoms with Crippen LogP contribution in [0.3, 0.4) is 0 Å². The van der Waals surface area contributed by atoms with Crippen molar-refractivity contribution in [3.05, 3.63) is 11.9 Å². The molecule has 1 heterocycles. The average Bonchev–Trinajstić information content (AvgIpc) is 3.34. The molecule has 33 heavy (non-hydrogen) atoms. The van der Waals surface area contributed by atoms with E-state index in [9.17, 15) is 5.11 Å². The lowest BCUT2D eigenvalue weighted by atomic mass is 9.45. The minimum atomic E-state index is -0.0756. The van der Waals surface area contributed by atoms with Gasteiger partial charge in [0.05, 0.1) is 24.1 Å². The van der Waals surface area contributed by atoms with E-state index in [-0.39, 0.29) is 11.5 Å². The number of aliphatic hydroxyl groups is 1. The second kappa shape index (κ2) is 8.95. The number of nitrogens with zero attached hydrogens (tertiary/aromatic N) is 5. The Labute approximate surface area is 198 Å². The summed E-state index contributed by atoms with van der Waals surface area (Å²) in [6.07, 6.45) is 12.7. The maximum atomic E-state index is 10.7. The van der Waals surface area contributed by atoms with Crippen molar-refractivity contribution in [2.75, 3.05) is 20.7 Å². The van der Waals surface area contributed by atoms with Gasteiger partial charge in [-0.05, 0) is 106 Å². The van der Waals surface area contributed by atoms with Crippen LogP contribution < -0.4 is 0 Å². The molecule has 4 aliphatic carbocycles. The summed E-state index contributed by atoms with van der Waals surface area (Å²) < 4.78 is 1.84. The Kier molecular flexibility index (Phi) is 6.32. The number of aliphatic hydroxyl groups excluding tert-OH is 1. The van der Waals surface area contributed by atoms with Gasteiger partial charge in [0.15, 0.2) is 0 Å². The molecule has 7 heteroatoms. The molecule has 4 unspecified atom stereocenters. The summed E-state index contributed by atoms with van der Waals surface area (Å²) in [5, 5.41) is 23.6. The summed E-state index contributed by atoms with van der Waals surface area (Å²) in [5.41, 5.74) is 2.83. The van der Waals surface area contributed by atoms with Crippen LogP contribution >= 0.6 is 0 Å². The molecule has 0 aliphatic heterocycles. The Hall–Kier alpha value is -1.47. The smallest absolute Gasteiger partial charge is 0.136 e. The van der Waals surface area contributed by atoms with Gasteiger partial charge in [-0.3, -0.25) is 0 Å². The highest BCUT2D eigenvalue weighted by Gasteiger charge is 2.59. The second-order valence-corrected chi connectivity index (χ2v) is 12.2. The van der Waals surface area contributed by atoms with E-state index < -0.39 is 0 Å². The Morgan fingerprint density at radius 3 is 2.76 bits per heavy atom. The number of hydrogen-bond acceptors (Lipinski definition) is 6. The van der Waals surface area contributed by atoms with Gasteiger partial charge in [-0.2, -0.15) is 0 Å². The summed E-state index contributed by atoms with van der Waals surface area (Å²) >= 11 is 0. The standard InChI is InChI=1S/C26H43N5O2/c1-25-11-9-19(28-33-14-13-31-17-20(27-29-31)16-30(3)4)15-18(25)5-6-21-22-7-8-24(32)26(22,2)12-10-23(21)25/h17-18,21-24,32H,5-16H2,1-4H3/t18?,21?,22?,23?,24-,25-,26-/m0/s1. The third-order valence-corrected chi connectivity index (χ3v) is 10.1. The number of hydrogen-bond donors (Lipinski definition) is 1. The van der Waals surface area contributed by atoms with Gasteiger partial charge in [-0.1, -0.05) is 24.2 Å². The Balaban J connectivity index is 1.15. The largest absolute Gasteiger partial charge is 0.394 e. The molecule has 0 spiro atoms. The van der Waals surface area contributed by atoms with Gasteiger partial charge in [-0.25, -0.2) is 4.68 Å². The molecular formula is C26H43N5O2. The molecule has 1 N–H and O–H groups in total. The van der Waals surface area contributed by atoms with Crippen molar-refractivity contribution in [1.29, 1.82) is 0 Å². The molecule has 0 aromatic carbocycles. The molecule has 4 aliphatic rings. The molecule has 1 aromatic rings. The highest BCUT2D eigenvalue weighted by Crippen LogP contribution is 2.65. The maximum Gasteiger partial charge on any atom is 0.136 e. The SMILES string of the molecule is CN(C)Cc1cn(CCON=C2CC[C@@]3(C)C(CCC4C3CC[C@@]3(C)C4CC[C@@H]3O)C2)nn1. The summed E-state index contributed by atoms with van der Waals surface area (Å²) in [6, 6.07) is 0. The van der Waals surface area contributed by atoms with Crippen LogP contribution in [0.2, 0.25) is 0 Å². The molecule has 0 saturated heterocycles. The van der Waals surface area contributed by atoms with Crippen LogP contribution in [0.5, 0.6) is 0 Å². The van der Waals surface area contributed by atoms with Crippen LogP contribution in [0.15, 0.2) is 11.4 Å². The van der Waals surface area contributed by atoms with Crippen molar-refractivity contribution in [2.45, 2.75) is 90.8 Å². The molecule has 4 saturated carbocycles. The minimum absolute atomic E-state index is 0.0756. The summed E-state index contributed by atoms with van der Waals surface area (Å²) in [4.78, 5) is 7.82. The van der Waals surface area contributed by atoms with Crippen LogP contribution in [0.1, 0.15) is 77.3 Å². The van der Waals surface area contributed by atoms with Gasteiger partial charge in [0, 0.05) is 12.7 Å². The van der Waals surface area contributed by atoms with E-state index in [2.05, 4.69) is 34.2 Å². The van der Waals surface area contributed by atoms with E-state index in [0.717, 1.165) is 55.2 Å². The van der Waals surface area contributed by atoms with Gasteiger partial charge in [0.2, 0.25) is 0 Å². The Morgan fingerprint density at radius 1 is 1.12 bits per heavy atom. The van der Waals surface area contributed by atoms with Crippen LogP contribution in [0.25, 0.3) is 0 Å². The molecule has 4 fully saturated rings. The minimum Gasteiger partial charge on any atom is -0.394 e. The van der Waals surface area contributed by atoms with Crippen molar-refractivity contribution < 1.29 is 9.94 Å². The predicted octanol–water partition coefficient (Wildman–Crippen LogP) is 4.12. The lowest BCUT2D eigenvalue weighted by Crippen LogP contribution is -2.54. The molecule has 5 rings (SSSR count). The van der Waals surface area contributed by atoms with E-state index in [0.29, 0.717) is 18.6 Å². The molecule has 1 aromatic heterocycles. The molecule has 7 nitrogen and oxygen atoms in total. The zero-order valence-corrected chi connectivity index (χ0v) is 21.0. The van der Waals surface area contributed by atoms with Crippen LogP contribution in [0, 0.1) is 34.5 Å². The van der Waals surface area contributed by atoms with Crippen molar-refractivity contribution in [1.82, 2.24) is 19.9 Å². The molecule has 184 valence electrons.